The van der Waals surface area contributed by atoms with E-state index in [1.807, 2.05) is 0 Å². The van der Waals surface area contributed by atoms with Gasteiger partial charge >= 0.3 is 6.18 Å². The van der Waals surface area contributed by atoms with Gasteiger partial charge in [0.25, 0.3) is 5.91 Å². The fourth-order valence-electron chi connectivity index (χ4n) is 5.83. The molecule has 224 valence electrons. The van der Waals surface area contributed by atoms with Crippen molar-refractivity contribution >= 4 is 17.4 Å². The summed E-state index contributed by atoms with van der Waals surface area (Å²) >= 11 is 0. The number of ether oxygens (including phenoxy) is 3. The molecule has 0 spiro atoms. The number of nitrogens with zero attached hydrogens (tertiary/aromatic N) is 5. The number of halogens is 4. The standard InChI is InChI=1S/C29H26F4N6O4/c30-22-3-4-24-19(5-6-43-24)20(22)10-34-28-35-11-21-18-2-1-16(9-17-13-41-7-8-42-17)37-23(18)12-38(14-29(31,32)33)27(40)25-26(21)39(28)15-36-25/h1-4,11,15,17H,5-10,12-14H2,(H,34,35). The normalized spacial score (nSPS) is 18.2. The molecule has 3 aromatic heterocycles. The Morgan fingerprint density at radius 3 is 2.77 bits per heavy atom. The molecule has 0 bridgehead atoms. The molecule has 1 fully saturated rings. The number of fused-ring (bicyclic) bond motifs is 3. The van der Waals surface area contributed by atoms with Crippen LogP contribution in [0.4, 0.5) is 23.5 Å². The molecule has 6 heterocycles. The second-order valence-electron chi connectivity index (χ2n) is 10.6. The quantitative estimate of drug-likeness (QED) is 0.333. The van der Waals surface area contributed by atoms with E-state index in [0.717, 1.165) is 5.56 Å². The molecule has 1 N–H and O–H groups in total. The molecule has 0 aliphatic carbocycles. The number of rotatable bonds is 6. The Labute approximate surface area is 242 Å². The van der Waals surface area contributed by atoms with Crippen LogP contribution in [0.2, 0.25) is 0 Å². The van der Waals surface area contributed by atoms with Crippen LogP contribution in [-0.2, 0) is 35.4 Å². The summed E-state index contributed by atoms with van der Waals surface area (Å²) in [7, 11) is 0. The topological polar surface area (TPSA) is 103 Å². The van der Waals surface area contributed by atoms with Crippen molar-refractivity contribution in [3.63, 3.8) is 0 Å². The maximum Gasteiger partial charge on any atom is 0.406 e. The molecular weight excluding hydrogens is 572 g/mol. The average Bonchev–Trinajstić information content (AvgIpc) is 3.64. The number of hydrogen-bond acceptors (Lipinski definition) is 8. The van der Waals surface area contributed by atoms with Gasteiger partial charge in [-0.15, -0.1) is 0 Å². The Balaban J connectivity index is 1.29. The van der Waals surface area contributed by atoms with Crippen LogP contribution in [0.15, 0.2) is 36.8 Å². The van der Waals surface area contributed by atoms with Gasteiger partial charge in [0.05, 0.1) is 50.3 Å². The van der Waals surface area contributed by atoms with E-state index in [0.29, 0.717) is 78.0 Å². The van der Waals surface area contributed by atoms with Gasteiger partial charge in [0.1, 0.15) is 24.4 Å². The molecule has 7 rings (SSSR count). The van der Waals surface area contributed by atoms with Crippen LogP contribution >= 0.6 is 0 Å². The summed E-state index contributed by atoms with van der Waals surface area (Å²) in [5.41, 5.74) is 3.24. The number of anilines is 1. The van der Waals surface area contributed by atoms with Crippen molar-refractivity contribution in [2.75, 3.05) is 38.3 Å². The SMILES string of the molecule is O=C1c2ncn3c(NCc4c(F)ccc5c4CCO5)ncc(c23)-c2ccc(CC3COCCO3)nc2CN1CC(F)(F)F. The van der Waals surface area contributed by atoms with Gasteiger partial charge in [0, 0.05) is 53.5 Å². The molecule has 43 heavy (non-hydrogen) atoms. The maximum absolute atomic E-state index is 14.8. The summed E-state index contributed by atoms with van der Waals surface area (Å²) < 4.78 is 74.0. The van der Waals surface area contributed by atoms with Crippen molar-refractivity contribution < 1.29 is 36.6 Å². The number of carbonyl (C=O) groups is 1. The highest BCUT2D eigenvalue weighted by Crippen LogP contribution is 2.36. The van der Waals surface area contributed by atoms with E-state index in [1.54, 1.807) is 18.2 Å². The van der Waals surface area contributed by atoms with Gasteiger partial charge in [0.2, 0.25) is 5.95 Å². The number of carbonyl (C=O) groups excluding carboxylic acids is 1. The van der Waals surface area contributed by atoms with Gasteiger partial charge in [-0.3, -0.25) is 14.2 Å². The number of imidazole rings is 1. The second-order valence-corrected chi connectivity index (χ2v) is 10.6. The zero-order chi connectivity index (χ0) is 29.7. The lowest BCUT2D eigenvalue weighted by atomic mass is 10.00. The van der Waals surface area contributed by atoms with Gasteiger partial charge in [-0.05, 0) is 18.2 Å². The predicted molar refractivity (Wildman–Crippen MR) is 144 cm³/mol. The van der Waals surface area contributed by atoms with Gasteiger partial charge < -0.3 is 24.4 Å². The van der Waals surface area contributed by atoms with Crippen LogP contribution < -0.4 is 10.1 Å². The third-order valence-corrected chi connectivity index (χ3v) is 7.78. The summed E-state index contributed by atoms with van der Waals surface area (Å²) in [6.45, 7) is 0.0191. The highest BCUT2D eigenvalue weighted by atomic mass is 19.4. The predicted octanol–water partition coefficient (Wildman–Crippen LogP) is 3.95. The molecular formula is C29H26F4N6O4. The van der Waals surface area contributed by atoms with E-state index < -0.39 is 24.4 Å². The Kier molecular flexibility index (Phi) is 6.89. The fourth-order valence-corrected chi connectivity index (χ4v) is 5.83. The van der Waals surface area contributed by atoms with Crippen LogP contribution in [0, 0.1) is 5.82 Å². The third kappa shape index (κ3) is 5.25. The summed E-state index contributed by atoms with van der Waals surface area (Å²) in [6.07, 6.45) is -1.05. The number of benzene rings is 1. The first-order valence-corrected chi connectivity index (χ1v) is 13.8. The van der Waals surface area contributed by atoms with Crippen molar-refractivity contribution in [2.24, 2.45) is 0 Å². The van der Waals surface area contributed by atoms with Gasteiger partial charge in [-0.2, -0.15) is 13.2 Å². The molecule has 0 saturated carbocycles. The Hall–Kier alpha value is -4.30. The Morgan fingerprint density at radius 1 is 1.07 bits per heavy atom. The molecule has 10 nitrogen and oxygen atoms in total. The molecule has 3 aliphatic heterocycles. The molecule has 4 aromatic rings. The average molecular weight is 599 g/mol. The number of aromatic nitrogens is 4. The fraction of sp³-hybridized carbons (Fsp3) is 0.379. The smallest absolute Gasteiger partial charge is 0.406 e. The first-order chi connectivity index (χ1) is 20.7. The van der Waals surface area contributed by atoms with Crippen LogP contribution in [0.3, 0.4) is 0 Å². The monoisotopic (exact) mass is 598 g/mol. The number of nitrogens with one attached hydrogen (secondary N) is 1. The Morgan fingerprint density at radius 2 is 1.95 bits per heavy atom. The van der Waals surface area contributed by atoms with E-state index in [4.69, 9.17) is 14.2 Å². The van der Waals surface area contributed by atoms with Crippen LogP contribution in [-0.4, -0.2) is 75.4 Å². The lowest BCUT2D eigenvalue weighted by molar-refractivity contribution is -0.141. The van der Waals surface area contributed by atoms with E-state index in [1.165, 1.54) is 23.0 Å². The summed E-state index contributed by atoms with van der Waals surface area (Å²) in [4.78, 5) is 27.7. The third-order valence-electron chi connectivity index (χ3n) is 7.78. The van der Waals surface area contributed by atoms with E-state index in [9.17, 15) is 22.4 Å². The van der Waals surface area contributed by atoms with Crippen LogP contribution in [0.25, 0.3) is 16.6 Å². The minimum atomic E-state index is -4.64. The van der Waals surface area contributed by atoms with Gasteiger partial charge in [-0.1, -0.05) is 6.07 Å². The van der Waals surface area contributed by atoms with Crippen LogP contribution in [0.1, 0.15) is 33.0 Å². The van der Waals surface area contributed by atoms with E-state index in [2.05, 4.69) is 20.3 Å². The molecule has 0 radical (unpaired) electrons. The zero-order valence-corrected chi connectivity index (χ0v) is 22.8. The maximum atomic E-state index is 14.8. The van der Waals surface area contributed by atoms with Crippen molar-refractivity contribution in [2.45, 2.75) is 38.2 Å². The number of amides is 1. The molecule has 1 unspecified atom stereocenters. The molecule has 14 heteroatoms. The molecule has 3 aliphatic rings. The molecule has 1 atom stereocenters. The summed E-state index contributed by atoms with van der Waals surface area (Å²) in [5.74, 6) is -0.418. The summed E-state index contributed by atoms with van der Waals surface area (Å²) in [6, 6.07) is 6.49. The number of alkyl halides is 3. The van der Waals surface area contributed by atoms with Crippen LogP contribution in [0.5, 0.6) is 5.75 Å². The largest absolute Gasteiger partial charge is 0.493 e. The minimum absolute atomic E-state index is 0.0654. The van der Waals surface area contributed by atoms with E-state index >= 15 is 0 Å². The van der Waals surface area contributed by atoms with Crippen molar-refractivity contribution in [3.8, 4) is 16.9 Å². The molecule has 1 saturated heterocycles. The highest BCUT2D eigenvalue weighted by Gasteiger charge is 2.37. The lowest BCUT2D eigenvalue weighted by Crippen LogP contribution is -2.39. The van der Waals surface area contributed by atoms with E-state index in [-0.39, 0.29) is 36.4 Å². The number of pyridine rings is 1. The first-order valence-electron chi connectivity index (χ1n) is 13.8. The molecule has 1 amide bonds. The highest BCUT2D eigenvalue weighted by molar-refractivity contribution is 6.04. The Bertz CT molecular complexity index is 1720. The molecule has 1 aromatic carbocycles. The first kappa shape index (κ1) is 27.5. The summed E-state index contributed by atoms with van der Waals surface area (Å²) in [5, 5.41) is 3.11. The number of hydrogen-bond donors (Lipinski definition) is 1. The van der Waals surface area contributed by atoms with Crippen molar-refractivity contribution in [1.82, 2.24) is 24.3 Å². The van der Waals surface area contributed by atoms with Gasteiger partial charge in [0.15, 0.2) is 5.69 Å². The zero-order valence-electron chi connectivity index (χ0n) is 22.8. The van der Waals surface area contributed by atoms with Crippen molar-refractivity contribution in [3.05, 3.63) is 70.8 Å². The van der Waals surface area contributed by atoms with Gasteiger partial charge in [-0.25, -0.2) is 14.4 Å². The van der Waals surface area contributed by atoms with Crippen molar-refractivity contribution in [1.29, 1.82) is 0 Å². The lowest BCUT2D eigenvalue weighted by Gasteiger charge is -2.27. The second kappa shape index (κ2) is 10.8. The minimum Gasteiger partial charge on any atom is -0.493 e.